The van der Waals surface area contributed by atoms with Gasteiger partial charge in [0.15, 0.2) is 0 Å². The van der Waals surface area contributed by atoms with Crippen molar-refractivity contribution in [3.8, 4) is 0 Å². The standard InChI is InChI=1S/4CN.Au.Na/c4*1-2;;/q4*-1;;. The summed E-state index contributed by atoms with van der Waals surface area (Å²) in [4.78, 5) is 0. The maximum atomic E-state index is 6.25. The smallest absolute Gasteiger partial charge is 0 e. The third-order valence-corrected chi connectivity index (χ3v) is 0. The first-order valence-electron chi connectivity index (χ1n) is 0.894. The molecule has 52 valence electrons. The molecule has 0 aliphatic carbocycles. The summed E-state index contributed by atoms with van der Waals surface area (Å²) >= 11 is 0. The summed E-state index contributed by atoms with van der Waals surface area (Å²) < 4.78 is 0. The average molecular weight is 324 g/mol. The summed E-state index contributed by atoms with van der Waals surface area (Å²) in [7, 11) is 0. The van der Waals surface area contributed by atoms with Gasteiger partial charge in [0.25, 0.3) is 0 Å². The second-order valence-corrected chi connectivity index (χ2v) is 0. The van der Waals surface area contributed by atoms with E-state index in [1.54, 1.807) is 0 Å². The topological polar surface area (TPSA) is 95.2 Å². The zero-order chi connectivity index (χ0) is 8.00. The van der Waals surface area contributed by atoms with E-state index in [9.17, 15) is 0 Å². The van der Waals surface area contributed by atoms with Gasteiger partial charge in [-0.1, -0.05) is 0 Å². The van der Waals surface area contributed by atoms with Crippen LogP contribution in [-0.2, 0) is 22.4 Å². The summed E-state index contributed by atoms with van der Waals surface area (Å²) in [6.45, 7) is 19.0. The number of hydrogen-bond donors (Lipinski definition) is 0. The fraction of sp³-hybridized carbons (Fsp3) is 0. The van der Waals surface area contributed by atoms with Crippen molar-refractivity contribution < 1.29 is 22.4 Å². The van der Waals surface area contributed by atoms with Gasteiger partial charge in [-0.15, -0.1) is 0 Å². The van der Waals surface area contributed by atoms with E-state index >= 15 is 0 Å². The average Bonchev–Trinajstić information content (AvgIpc) is 2.03. The normalized spacial score (nSPS) is 0.800. The van der Waals surface area contributed by atoms with Gasteiger partial charge in [-0.05, 0) is 0 Å². The molecule has 0 rings (SSSR count). The van der Waals surface area contributed by atoms with Crippen molar-refractivity contribution in [1.82, 2.24) is 0 Å². The van der Waals surface area contributed by atoms with Gasteiger partial charge in [-0.25, -0.2) is 0 Å². The van der Waals surface area contributed by atoms with Gasteiger partial charge in [0.05, 0.1) is 0 Å². The monoisotopic (exact) mass is 324 g/mol. The minimum atomic E-state index is 0. The second-order valence-electron chi connectivity index (χ2n) is 0. The van der Waals surface area contributed by atoms with Gasteiger partial charge in [0.1, 0.15) is 0 Å². The molecule has 0 N–H and O–H groups in total. The van der Waals surface area contributed by atoms with Crippen LogP contribution in [0.5, 0.6) is 0 Å². The molecule has 0 aliphatic rings. The molecule has 0 spiro atoms. The van der Waals surface area contributed by atoms with Gasteiger partial charge >= 0.3 is 0 Å². The summed E-state index contributed by atoms with van der Waals surface area (Å²) in [5.41, 5.74) is 0. The third kappa shape index (κ3) is 3850. The molecule has 0 aromatic rings. The predicted octanol–water partition coefficient (Wildman–Crippen LogP) is 0.00218. The molecule has 0 bridgehead atoms. The van der Waals surface area contributed by atoms with Crippen LogP contribution in [0.25, 0.3) is 0 Å². The Morgan fingerprint density at radius 2 is 0.500 bits per heavy atom. The molecule has 10 heavy (non-hydrogen) atoms. The summed E-state index contributed by atoms with van der Waals surface area (Å²) in [5.74, 6) is 0. The van der Waals surface area contributed by atoms with Crippen LogP contribution in [0.4, 0.5) is 0 Å². The fourth-order valence-corrected chi connectivity index (χ4v) is 0. The first-order chi connectivity index (χ1) is 4.00. The maximum absolute atomic E-state index is 6.25. The molecule has 0 unspecified atom stereocenters. The number of hydrogen-bond acceptors (Lipinski definition) is 4. The Kier molecular flexibility index (Phi) is 30800. The van der Waals surface area contributed by atoms with Crippen molar-refractivity contribution in [2.24, 2.45) is 0 Å². The molecule has 0 fully saturated rings. The SMILES string of the molecule is [Au].[C-]#N.[C-]#N.[C-]#N.[C-]#N.[Na]. The fourth-order valence-electron chi connectivity index (χ4n) is 0. The van der Waals surface area contributed by atoms with Crippen molar-refractivity contribution in [1.29, 1.82) is 21.0 Å². The molecule has 0 heterocycles. The second kappa shape index (κ2) is 5740. The van der Waals surface area contributed by atoms with Crippen LogP contribution in [0.3, 0.4) is 0 Å². The first-order valence-corrected chi connectivity index (χ1v) is 0.894. The zero-order valence-electron chi connectivity index (χ0n) is 5.09. The van der Waals surface area contributed by atoms with Crippen molar-refractivity contribution in [3.63, 3.8) is 0 Å². The van der Waals surface area contributed by atoms with Crippen LogP contribution in [-0.4, -0.2) is 29.6 Å². The molecule has 6 heteroatoms. The molecule has 0 aliphatic heterocycles. The minimum absolute atomic E-state index is 0. The summed E-state index contributed by atoms with van der Waals surface area (Å²) in [6, 6.07) is 0. The Morgan fingerprint density at radius 1 is 0.500 bits per heavy atom. The molecular formula is C4AuN4Na-4. The minimum Gasteiger partial charge on any atom is -0.512 e. The van der Waals surface area contributed by atoms with Crippen LogP contribution < -0.4 is 0 Å². The third-order valence-electron chi connectivity index (χ3n) is 0. The van der Waals surface area contributed by atoms with E-state index in [4.69, 9.17) is 47.3 Å². The van der Waals surface area contributed by atoms with Gasteiger partial charge in [0, 0.05) is 51.9 Å². The van der Waals surface area contributed by atoms with Gasteiger partial charge in [-0.3, -0.25) is 0 Å². The molecule has 0 amide bonds. The molecule has 0 aromatic heterocycles. The van der Waals surface area contributed by atoms with Gasteiger partial charge in [0.2, 0.25) is 0 Å². The molecule has 4 nitrogen and oxygen atoms in total. The van der Waals surface area contributed by atoms with E-state index < -0.39 is 0 Å². The molecule has 0 saturated heterocycles. The van der Waals surface area contributed by atoms with Gasteiger partial charge < -0.3 is 47.3 Å². The molecule has 0 atom stereocenters. The van der Waals surface area contributed by atoms with E-state index in [0.717, 1.165) is 0 Å². The Balaban J connectivity index is -0.00000000500. The molecule has 0 aromatic carbocycles. The van der Waals surface area contributed by atoms with Crippen LogP contribution in [0.15, 0.2) is 0 Å². The van der Waals surface area contributed by atoms with Crippen molar-refractivity contribution >= 4 is 29.6 Å². The van der Waals surface area contributed by atoms with Crippen LogP contribution in [0.1, 0.15) is 0 Å². The van der Waals surface area contributed by atoms with Crippen LogP contribution in [0, 0.1) is 47.3 Å². The molecule has 2 radical (unpaired) electrons. The Bertz CT molecular complexity index is 60.2. The van der Waals surface area contributed by atoms with Gasteiger partial charge in [-0.2, -0.15) is 0 Å². The van der Waals surface area contributed by atoms with E-state index in [-0.39, 0.29) is 51.9 Å². The van der Waals surface area contributed by atoms with Crippen molar-refractivity contribution in [2.75, 3.05) is 0 Å². The molecular weight excluding hydrogens is 324 g/mol. The zero-order valence-corrected chi connectivity index (χ0v) is 9.26. The number of nitrogens with zero attached hydrogens (tertiary/aromatic N) is 4. The summed E-state index contributed by atoms with van der Waals surface area (Å²) in [5, 5.41) is 25.0. The van der Waals surface area contributed by atoms with E-state index in [0.29, 0.717) is 0 Å². The number of rotatable bonds is 0. The first kappa shape index (κ1) is 53.6. The van der Waals surface area contributed by atoms with E-state index in [1.807, 2.05) is 0 Å². The maximum Gasteiger partial charge on any atom is 0 e. The van der Waals surface area contributed by atoms with Crippen LogP contribution in [0.2, 0.25) is 0 Å². The summed E-state index contributed by atoms with van der Waals surface area (Å²) in [6.07, 6.45) is 0. The largest absolute Gasteiger partial charge is 0.512 e. The quantitative estimate of drug-likeness (QED) is 0.463. The predicted molar refractivity (Wildman–Crippen MR) is 25.6 cm³/mol. The van der Waals surface area contributed by atoms with Crippen molar-refractivity contribution in [3.05, 3.63) is 26.3 Å². The van der Waals surface area contributed by atoms with E-state index in [2.05, 4.69) is 0 Å². The van der Waals surface area contributed by atoms with Crippen LogP contribution >= 0.6 is 0 Å². The van der Waals surface area contributed by atoms with Crippen molar-refractivity contribution in [2.45, 2.75) is 0 Å². The molecule has 0 saturated carbocycles. The van der Waals surface area contributed by atoms with E-state index in [1.165, 1.54) is 0 Å². The Labute approximate surface area is 98.5 Å². The Hall–Kier alpha value is -0.300. The Morgan fingerprint density at radius 3 is 0.500 bits per heavy atom.